The van der Waals surface area contributed by atoms with E-state index in [0.29, 0.717) is 5.75 Å². The SMILES string of the molecule is CC(C)(C)c1cc(-c2cccs2)cc(C(C)(C)C)c1O. The maximum Gasteiger partial charge on any atom is 0.123 e. The standard InChI is InChI=1S/C18H24OS/c1-17(2,3)13-10-12(15-8-7-9-20-15)11-14(16(13)19)18(4,5)6/h7-11,19H,1-6H3. The lowest BCUT2D eigenvalue weighted by atomic mass is 9.78. The molecule has 0 amide bonds. The fourth-order valence-electron chi connectivity index (χ4n) is 2.36. The van der Waals surface area contributed by atoms with Crippen LogP contribution in [0.5, 0.6) is 5.75 Å². The lowest BCUT2D eigenvalue weighted by molar-refractivity contribution is 0.423. The van der Waals surface area contributed by atoms with Crippen molar-refractivity contribution in [1.29, 1.82) is 0 Å². The average Bonchev–Trinajstić information content (AvgIpc) is 2.79. The highest BCUT2D eigenvalue weighted by Gasteiger charge is 2.26. The second kappa shape index (κ2) is 4.92. The van der Waals surface area contributed by atoms with Crippen molar-refractivity contribution in [3.05, 3.63) is 40.8 Å². The second-order valence-electron chi connectivity index (χ2n) is 7.40. The number of phenolic OH excluding ortho intramolecular Hbond substituents is 1. The first kappa shape index (κ1) is 15.1. The van der Waals surface area contributed by atoms with E-state index in [4.69, 9.17) is 0 Å². The minimum atomic E-state index is -0.0721. The van der Waals surface area contributed by atoms with Gasteiger partial charge >= 0.3 is 0 Å². The Morgan fingerprint density at radius 3 is 1.75 bits per heavy atom. The van der Waals surface area contributed by atoms with Gasteiger partial charge in [-0.3, -0.25) is 0 Å². The summed E-state index contributed by atoms with van der Waals surface area (Å²) in [6.07, 6.45) is 0. The zero-order valence-electron chi connectivity index (χ0n) is 13.2. The van der Waals surface area contributed by atoms with Crippen LogP contribution in [0.1, 0.15) is 52.7 Å². The number of phenols is 1. The Bertz CT molecular complexity index is 560. The van der Waals surface area contributed by atoms with E-state index in [1.54, 1.807) is 11.3 Å². The van der Waals surface area contributed by atoms with Crippen LogP contribution in [-0.2, 0) is 10.8 Å². The van der Waals surface area contributed by atoms with Crippen LogP contribution in [0.3, 0.4) is 0 Å². The molecular formula is C18H24OS. The van der Waals surface area contributed by atoms with Gasteiger partial charge in [0.05, 0.1) is 0 Å². The Hall–Kier alpha value is -1.28. The Labute approximate surface area is 126 Å². The molecule has 108 valence electrons. The van der Waals surface area contributed by atoms with Gasteiger partial charge in [-0.15, -0.1) is 11.3 Å². The first-order valence-electron chi connectivity index (χ1n) is 7.02. The maximum atomic E-state index is 10.7. The van der Waals surface area contributed by atoms with Crippen molar-refractivity contribution in [2.75, 3.05) is 0 Å². The Morgan fingerprint density at radius 2 is 1.40 bits per heavy atom. The number of hydrogen-bond donors (Lipinski definition) is 1. The predicted octanol–water partition coefficient (Wildman–Crippen LogP) is 5.72. The monoisotopic (exact) mass is 288 g/mol. The summed E-state index contributed by atoms with van der Waals surface area (Å²) in [7, 11) is 0. The summed E-state index contributed by atoms with van der Waals surface area (Å²) in [6.45, 7) is 12.9. The van der Waals surface area contributed by atoms with Gasteiger partial charge in [0, 0.05) is 16.0 Å². The summed E-state index contributed by atoms with van der Waals surface area (Å²) in [5.74, 6) is 0.449. The minimum absolute atomic E-state index is 0.0721. The molecule has 0 aliphatic rings. The van der Waals surface area contributed by atoms with Gasteiger partial charge in [-0.25, -0.2) is 0 Å². The zero-order chi connectivity index (χ0) is 15.1. The molecule has 2 heteroatoms. The molecule has 0 unspecified atom stereocenters. The smallest absolute Gasteiger partial charge is 0.123 e. The van der Waals surface area contributed by atoms with Gasteiger partial charge in [0.15, 0.2) is 0 Å². The molecule has 0 fully saturated rings. The highest BCUT2D eigenvalue weighted by Crippen LogP contribution is 2.42. The molecule has 1 N–H and O–H groups in total. The summed E-state index contributed by atoms with van der Waals surface area (Å²) in [6, 6.07) is 8.48. The van der Waals surface area contributed by atoms with Gasteiger partial charge in [-0.1, -0.05) is 47.6 Å². The number of hydrogen-bond acceptors (Lipinski definition) is 2. The van der Waals surface area contributed by atoms with E-state index < -0.39 is 0 Å². The Kier molecular flexibility index (Phi) is 3.72. The maximum absolute atomic E-state index is 10.7. The van der Waals surface area contributed by atoms with Crippen molar-refractivity contribution in [1.82, 2.24) is 0 Å². The minimum Gasteiger partial charge on any atom is -0.507 e. The molecule has 0 aliphatic carbocycles. The third-order valence-corrected chi connectivity index (χ3v) is 4.45. The first-order valence-corrected chi connectivity index (χ1v) is 7.90. The van der Waals surface area contributed by atoms with Crippen LogP contribution in [0.4, 0.5) is 0 Å². The van der Waals surface area contributed by atoms with E-state index >= 15 is 0 Å². The zero-order valence-corrected chi connectivity index (χ0v) is 14.1. The fourth-order valence-corrected chi connectivity index (χ4v) is 3.08. The largest absolute Gasteiger partial charge is 0.507 e. The van der Waals surface area contributed by atoms with Gasteiger partial charge in [0.1, 0.15) is 5.75 Å². The van der Waals surface area contributed by atoms with Crippen molar-refractivity contribution in [3.8, 4) is 16.2 Å². The summed E-state index contributed by atoms with van der Waals surface area (Å²) >= 11 is 1.74. The number of rotatable bonds is 1. The highest BCUT2D eigenvalue weighted by molar-refractivity contribution is 7.13. The molecule has 0 spiro atoms. The van der Waals surface area contributed by atoms with Crippen LogP contribution in [0.2, 0.25) is 0 Å². The predicted molar refractivity (Wildman–Crippen MR) is 88.8 cm³/mol. The second-order valence-corrected chi connectivity index (χ2v) is 8.34. The highest BCUT2D eigenvalue weighted by atomic mass is 32.1. The molecule has 0 saturated carbocycles. The topological polar surface area (TPSA) is 20.2 Å². The van der Waals surface area contributed by atoms with Crippen LogP contribution >= 0.6 is 11.3 Å². The molecule has 0 atom stereocenters. The molecule has 20 heavy (non-hydrogen) atoms. The molecule has 2 rings (SSSR count). The molecular weight excluding hydrogens is 264 g/mol. The van der Waals surface area contributed by atoms with E-state index in [1.807, 2.05) is 0 Å². The van der Waals surface area contributed by atoms with Gasteiger partial charge in [-0.2, -0.15) is 0 Å². The van der Waals surface area contributed by atoms with Gasteiger partial charge in [-0.05, 0) is 40.0 Å². The Morgan fingerprint density at radius 1 is 0.900 bits per heavy atom. The van der Waals surface area contributed by atoms with Gasteiger partial charge in [0.25, 0.3) is 0 Å². The fraction of sp³-hybridized carbons (Fsp3) is 0.444. The van der Waals surface area contributed by atoms with Crippen LogP contribution in [0.15, 0.2) is 29.6 Å². The first-order chi connectivity index (χ1) is 9.10. The van der Waals surface area contributed by atoms with Crippen molar-refractivity contribution in [2.24, 2.45) is 0 Å². The van der Waals surface area contributed by atoms with Gasteiger partial charge < -0.3 is 5.11 Å². The quantitative estimate of drug-likeness (QED) is 0.712. The lowest BCUT2D eigenvalue weighted by Crippen LogP contribution is -2.17. The molecule has 0 saturated heterocycles. The van der Waals surface area contributed by atoms with Crippen molar-refractivity contribution in [3.63, 3.8) is 0 Å². The number of benzene rings is 1. The molecule has 1 heterocycles. The van der Waals surface area contributed by atoms with Gasteiger partial charge in [0.2, 0.25) is 0 Å². The number of aromatic hydroxyl groups is 1. The molecule has 1 nitrogen and oxygen atoms in total. The molecule has 2 aromatic rings. The molecule has 0 aliphatic heterocycles. The average molecular weight is 288 g/mol. The Balaban J connectivity index is 2.74. The third kappa shape index (κ3) is 2.90. The van der Waals surface area contributed by atoms with Crippen LogP contribution < -0.4 is 0 Å². The van der Waals surface area contributed by atoms with Crippen molar-refractivity contribution >= 4 is 11.3 Å². The molecule has 0 bridgehead atoms. The lowest BCUT2D eigenvalue weighted by Gasteiger charge is -2.28. The van der Waals surface area contributed by atoms with Crippen LogP contribution in [-0.4, -0.2) is 5.11 Å². The molecule has 1 aromatic heterocycles. The summed E-state index contributed by atoms with van der Waals surface area (Å²) < 4.78 is 0. The van der Waals surface area contributed by atoms with Crippen molar-refractivity contribution in [2.45, 2.75) is 52.4 Å². The van der Waals surface area contributed by atoms with E-state index in [9.17, 15) is 5.11 Å². The summed E-state index contributed by atoms with van der Waals surface area (Å²) in [5.41, 5.74) is 3.10. The van der Waals surface area contributed by atoms with Crippen LogP contribution in [0.25, 0.3) is 10.4 Å². The van der Waals surface area contributed by atoms with Crippen molar-refractivity contribution < 1.29 is 5.11 Å². The van der Waals surface area contributed by atoms with E-state index in [0.717, 1.165) is 11.1 Å². The summed E-state index contributed by atoms with van der Waals surface area (Å²) in [4.78, 5) is 1.25. The van der Waals surface area contributed by atoms with E-state index in [2.05, 4.69) is 71.2 Å². The van der Waals surface area contributed by atoms with E-state index in [-0.39, 0.29) is 10.8 Å². The number of thiophene rings is 1. The molecule has 1 aromatic carbocycles. The van der Waals surface area contributed by atoms with E-state index in [1.165, 1.54) is 10.4 Å². The third-order valence-electron chi connectivity index (χ3n) is 3.53. The van der Waals surface area contributed by atoms with Crippen LogP contribution in [0, 0.1) is 0 Å². The molecule has 0 radical (unpaired) electrons. The normalized spacial score (nSPS) is 12.7. The summed E-state index contributed by atoms with van der Waals surface area (Å²) in [5, 5.41) is 12.8.